The average Bonchev–Trinajstić information content (AvgIpc) is 4.01. The summed E-state index contributed by atoms with van der Waals surface area (Å²) in [6.45, 7) is 15.9. The zero-order valence-corrected chi connectivity index (χ0v) is 39.5. The Hall–Kier alpha value is -3.82. The van der Waals surface area contributed by atoms with Crippen LogP contribution in [0.3, 0.4) is 0 Å². The van der Waals surface area contributed by atoms with Gasteiger partial charge in [0, 0.05) is 57.4 Å². The van der Waals surface area contributed by atoms with Gasteiger partial charge >= 0.3 is 69.9 Å². The van der Waals surface area contributed by atoms with Gasteiger partial charge in [-0.15, -0.1) is 0 Å². The Balaban J connectivity index is 0.000000508. The van der Waals surface area contributed by atoms with Gasteiger partial charge in [-0.1, -0.05) is 67.6 Å². The predicted octanol–water partition coefficient (Wildman–Crippen LogP) is -3.20. The summed E-state index contributed by atoms with van der Waals surface area (Å²) >= 11 is 0. The van der Waals surface area contributed by atoms with Gasteiger partial charge in [-0.3, -0.25) is 34.6 Å². The Kier molecular flexibility index (Phi) is 27.9. The molecular formula is C42H68B3LiN6O14. The molecule has 2 aromatic carbocycles. The van der Waals surface area contributed by atoms with Gasteiger partial charge in [0.05, 0.1) is 24.4 Å². The number of ether oxygens (including phenoxy) is 3. The van der Waals surface area contributed by atoms with Crippen LogP contribution in [0.2, 0.25) is 20.5 Å². The summed E-state index contributed by atoms with van der Waals surface area (Å²) in [5, 5.41) is 56.4. The number of carbonyl (C=O) groups is 5. The second-order valence-electron chi connectivity index (χ2n) is 16.3. The molecule has 0 spiro atoms. The number of esters is 3. The summed E-state index contributed by atoms with van der Waals surface area (Å²) in [6, 6.07) is 16.8. The molecule has 3 saturated heterocycles. The average molecular weight is 920 g/mol. The first-order valence-corrected chi connectivity index (χ1v) is 21.9. The minimum atomic E-state index is -0.944. The number of carboxylic acid groups (broad SMARTS) is 2. The van der Waals surface area contributed by atoms with Crippen molar-refractivity contribution in [3.05, 3.63) is 71.8 Å². The molecule has 9 N–H and O–H groups in total. The quantitative estimate of drug-likeness (QED) is 0.0391. The van der Waals surface area contributed by atoms with E-state index in [1.54, 1.807) is 55.7 Å². The molecule has 0 aromatic heterocycles. The zero-order chi connectivity index (χ0) is 47.5. The first-order chi connectivity index (χ1) is 30.4. The smallest absolute Gasteiger partial charge is 0.870 e. The van der Waals surface area contributed by atoms with E-state index in [0.29, 0.717) is 39.3 Å². The van der Waals surface area contributed by atoms with Gasteiger partial charge in [0.15, 0.2) is 0 Å². The number of likely N-dealkylation sites (N-methyl/N-ethyl adjacent to an activating group) is 1. The summed E-state index contributed by atoms with van der Waals surface area (Å²) in [5.74, 6) is -4.40. The molecule has 8 atom stereocenters. The molecule has 360 valence electrons. The van der Waals surface area contributed by atoms with E-state index in [2.05, 4.69) is 16.0 Å². The summed E-state index contributed by atoms with van der Waals surface area (Å²) in [7, 11) is -1.96. The molecule has 3 fully saturated rings. The van der Waals surface area contributed by atoms with Gasteiger partial charge in [0.2, 0.25) is 0 Å². The van der Waals surface area contributed by atoms with E-state index >= 15 is 0 Å². The fourth-order valence-corrected chi connectivity index (χ4v) is 7.70. The third-order valence-corrected chi connectivity index (χ3v) is 11.4. The van der Waals surface area contributed by atoms with Crippen LogP contribution in [-0.2, 0) is 51.4 Å². The Morgan fingerprint density at radius 2 is 0.955 bits per heavy atom. The zero-order valence-electron chi connectivity index (χ0n) is 39.5. The van der Waals surface area contributed by atoms with Crippen LogP contribution in [0.4, 0.5) is 0 Å². The third-order valence-electron chi connectivity index (χ3n) is 11.4. The van der Waals surface area contributed by atoms with Gasteiger partial charge in [0.25, 0.3) is 0 Å². The van der Waals surface area contributed by atoms with Crippen LogP contribution in [-0.4, -0.2) is 179 Å². The molecule has 24 heteroatoms. The van der Waals surface area contributed by atoms with Gasteiger partial charge in [-0.2, -0.15) is 0 Å². The molecule has 0 radical (unpaired) electrons. The molecule has 0 bridgehead atoms. The van der Waals surface area contributed by atoms with E-state index in [-0.39, 0.29) is 68.1 Å². The Labute approximate surface area is 401 Å². The molecule has 0 aliphatic carbocycles. The van der Waals surface area contributed by atoms with Gasteiger partial charge < -0.3 is 64.7 Å². The molecule has 0 unspecified atom stereocenters. The number of hydrogen-bond acceptors (Lipinski definition) is 18. The molecule has 3 aliphatic heterocycles. The van der Waals surface area contributed by atoms with Crippen LogP contribution in [0.5, 0.6) is 0 Å². The monoisotopic (exact) mass is 921 g/mol. The maximum Gasteiger partial charge on any atom is 1.00 e. The van der Waals surface area contributed by atoms with E-state index in [9.17, 15) is 44.2 Å². The Morgan fingerprint density at radius 3 is 1.30 bits per heavy atom. The Bertz CT molecular complexity index is 1770. The van der Waals surface area contributed by atoms with Gasteiger partial charge in [-0.25, -0.2) is 0 Å². The van der Waals surface area contributed by atoms with Crippen LogP contribution in [0, 0.1) is 17.8 Å². The normalized spacial score (nSPS) is 22.3. The predicted molar refractivity (Wildman–Crippen MR) is 243 cm³/mol. The number of carbonyl (C=O) groups excluding carboxylic acids is 3. The third kappa shape index (κ3) is 19.4. The van der Waals surface area contributed by atoms with E-state index in [1.807, 2.05) is 67.6 Å². The van der Waals surface area contributed by atoms with E-state index in [4.69, 9.17) is 19.3 Å². The largest absolute Gasteiger partial charge is 1.00 e. The molecule has 0 amide bonds. The van der Waals surface area contributed by atoms with E-state index < -0.39 is 74.9 Å². The van der Waals surface area contributed by atoms with Crippen molar-refractivity contribution < 1.29 is 87.8 Å². The molecule has 5 rings (SSSR count). The van der Waals surface area contributed by atoms with Crippen molar-refractivity contribution >= 4 is 51.0 Å². The molecule has 3 aliphatic rings. The number of nitrogens with zero attached hydrogens (tertiary/aromatic N) is 3. The van der Waals surface area contributed by atoms with Crippen molar-refractivity contribution in [3.8, 4) is 0 Å². The number of benzene rings is 2. The molecule has 2 aromatic rings. The van der Waals surface area contributed by atoms with Gasteiger partial charge in [0.1, 0.15) is 25.3 Å². The first kappa shape index (κ1) is 60.2. The van der Waals surface area contributed by atoms with Gasteiger partial charge in [-0.05, 0) is 58.9 Å². The van der Waals surface area contributed by atoms with Crippen molar-refractivity contribution in [2.75, 3.05) is 52.4 Å². The number of rotatable bonds is 19. The van der Waals surface area contributed by atoms with Crippen molar-refractivity contribution in [2.45, 2.75) is 91.6 Å². The van der Waals surface area contributed by atoms with Crippen LogP contribution in [0.15, 0.2) is 60.7 Å². The van der Waals surface area contributed by atoms with Crippen LogP contribution < -0.4 is 34.8 Å². The van der Waals surface area contributed by atoms with Crippen molar-refractivity contribution in [1.29, 1.82) is 0 Å². The van der Waals surface area contributed by atoms with Crippen molar-refractivity contribution in [1.82, 2.24) is 30.4 Å². The maximum atomic E-state index is 12.3. The molecule has 0 saturated carbocycles. The van der Waals surface area contributed by atoms with E-state index in [1.165, 1.54) is 0 Å². The van der Waals surface area contributed by atoms with Crippen LogP contribution >= 0.6 is 0 Å². The van der Waals surface area contributed by atoms with Crippen LogP contribution in [0.25, 0.3) is 0 Å². The fraction of sp³-hybridized carbons (Fsp3) is 0.595. The first-order valence-electron chi connectivity index (χ1n) is 21.9. The SMILES string of the molecule is CB(O)N1C[C@@H](N[C@H](C)C(=O)OCc2ccccc2)[C@H](C(=O)O)C1.CCN[C@@H]1CN(B(C)O)C[C@H]1C(=O)O.CCOC(=O)[C@@H]1CN(B(C)O)C[C@H]1N[C@H](C)C(=O)OCc1ccccc1.[Li+].[OH-]. The molecule has 20 nitrogen and oxygen atoms in total. The minimum absolute atomic E-state index is 0. The van der Waals surface area contributed by atoms with E-state index in [0.717, 1.165) is 17.7 Å². The summed E-state index contributed by atoms with van der Waals surface area (Å²) in [5.41, 5.74) is 1.81. The number of carboxylic acids is 2. The topological polar surface area (TPSA) is 290 Å². The summed E-state index contributed by atoms with van der Waals surface area (Å²) in [4.78, 5) is 64.1. The second-order valence-corrected chi connectivity index (χ2v) is 16.3. The van der Waals surface area contributed by atoms with Crippen LogP contribution in [0.1, 0.15) is 38.8 Å². The van der Waals surface area contributed by atoms with Crippen molar-refractivity contribution in [2.24, 2.45) is 17.8 Å². The summed E-state index contributed by atoms with van der Waals surface area (Å²) < 4.78 is 15.7. The number of hydrogen-bond donors (Lipinski definition) is 8. The maximum absolute atomic E-state index is 12.3. The minimum Gasteiger partial charge on any atom is -0.870 e. The molecule has 3 heterocycles. The van der Waals surface area contributed by atoms with Crippen molar-refractivity contribution in [3.63, 3.8) is 0 Å². The second kappa shape index (κ2) is 30.5. The number of aliphatic carboxylic acids is 2. The number of nitrogens with one attached hydrogen (secondary N) is 3. The molecule has 66 heavy (non-hydrogen) atoms. The fourth-order valence-electron chi connectivity index (χ4n) is 7.70. The standard InChI is InChI=1S/C18H27BN2O5.C16H23BN2O5.C8H17BN2O3.Li.H2O/c1-4-25-18(23)15-10-21(19(3)24)11-16(15)20-13(2)17(22)26-12-14-8-6-5-7-9-14;1-11(16(22)24-10-12-6-4-3-5-7-12)18-14-9-19(17(2)23)8-13(14)15(20)21;1-3-10-7-5-11(9(2)14)4-6(7)8(12)13;;/h5-9,13,15-16,20,24H,4,10-12H2,1-3H3;3-7,11,13-14,18,23H,8-10H2,1-2H3,(H,20,21);6-7,10,14H,3-5H2,1-2H3,(H,12,13);;1H2/q;;;+1;/p-1/t13-,15-,16-;11-,13-,14-;6-,7-;;/m111../s1. The Morgan fingerprint density at radius 1 is 0.606 bits per heavy atom. The summed E-state index contributed by atoms with van der Waals surface area (Å²) in [6.07, 6.45) is 0. The molecular weight excluding hydrogens is 852 g/mol.